The van der Waals surface area contributed by atoms with Crippen molar-refractivity contribution in [3.63, 3.8) is 0 Å². The lowest BCUT2D eigenvalue weighted by Gasteiger charge is -2.31. The number of anilines is 1. The molecule has 4 rings (SSSR count). The first-order valence-electron chi connectivity index (χ1n) is 9.32. The summed E-state index contributed by atoms with van der Waals surface area (Å²) in [6.45, 7) is 0.619. The fourth-order valence-corrected chi connectivity index (χ4v) is 3.59. The van der Waals surface area contributed by atoms with Gasteiger partial charge in [0.05, 0.1) is 25.1 Å². The molecule has 1 aliphatic carbocycles. The summed E-state index contributed by atoms with van der Waals surface area (Å²) in [5, 5.41) is 16.8. The van der Waals surface area contributed by atoms with E-state index in [0.717, 1.165) is 17.0 Å². The Kier molecular flexibility index (Phi) is 5.29. The Morgan fingerprint density at radius 3 is 2.76 bits per heavy atom. The van der Waals surface area contributed by atoms with E-state index in [4.69, 9.17) is 16.3 Å². The van der Waals surface area contributed by atoms with Crippen molar-refractivity contribution in [3.05, 3.63) is 52.9 Å². The predicted molar refractivity (Wildman–Crippen MR) is 110 cm³/mol. The van der Waals surface area contributed by atoms with E-state index in [1.165, 1.54) is 10.7 Å². The molecule has 1 fully saturated rings. The van der Waals surface area contributed by atoms with Crippen LogP contribution in [0.1, 0.15) is 28.9 Å². The monoisotopic (exact) mass is 415 g/mol. The van der Waals surface area contributed by atoms with Crippen molar-refractivity contribution in [2.75, 3.05) is 19.1 Å². The van der Waals surface area contributed by atoms with Crippen molar-refractivity contribution >= 4 is 28.8 Å². The van der Waals surface area contributed by atoms with Crippen molar-refractivity contribution in [1.82, 2.24) is 19.9 Å². The number of aliphatic hydroxyl groups is 1. The number of hydrogen-bond acceptors (Lipinski definition) is 6. The molecule has 1 saturated carbocycles. The number of methoxy groups -OCH3 is 1. The largest absolute Gasteiger partial charge is 0.497 e. The minimum Gasteiger partial charge on any atom is -0.497 e. The van der Waals surface area contributed by atoms with Crippen molar-refractivity contribution < 1.29 is 14.6 Å². The SMILES string of the molecule is COc1ccc(CN(C)c2cc(Cl)nn3c(C(=O)NC4CC(O)C4)cnc23)cc1. The van der Waals surface area contributed by atoms with Crippen LogP contribution in [-0.2, 0) is 6.54 Å². The molecule has 3 aromatic rings. The maximum Gasteiger partial charge on any atom is 0.271 e. The molecule has 9 heteroatoms. The summed E-state index contributed by atoms with van der Waals surface area (Å²) >= 11 is 6.24. The molecule has 0 unspecified atom stereocenters. The Bertz CT molecular complexity index is 1030. The van der Waals surface area contributed by atoms with Crippen LogP contribution in [0.3, 0.4) is 0 Å². The number of rotatable bonds is 6. The fourth-order valence-electron chi connectivity index (χ4n) is 3.41. The second-order valence-corrected chi connectivity index (χ2v) is 7.62. The summed E-state index contributed by atoms with van der Waals surface area (Å²) < 4.78 is 6.66. The third-order valence-electron chi connectivity index (χ3n) is 5.09. The molecule has 1 aliphatic rings. The lowest BCUT2D eigenvalue weighted by molar-refractivity contribution is 0.0560. The zero-order valence-electron chi connectivity index (χ0n) is 16.2. The Hall–Kier alpha value is -2.84. The van der Waals surface area contributed by atoms with Crippen LogP contribution in [0.4, 0.5) is 5.69 Å². The van der Waals surface area contributed by atoms with Crippen LogP contribution in [0.2, 0.25) is 5.15 Å². The Labute approximate surface area is 173 Å². The second kappa shape index (κ2) is 7.88. The molecule has 0 atom stereocenters. The number of aliphatic hydroxyl groups excluding tert-OH is 1. The molecule has 0 aliphatic heterocycles. The minimum atomic E-state index is -0.340. The van der Waals surface area contributed by atoms with E-state index in [1.807, 2.05) is 36.2 Å². The van der Waals surface area contributed by atoms with E-state index in [-0.39, 0.29) is 23.2 Å². The maximum atomic E-state index is 12.6. The first-order valence-corrected chi connectivity index (χ1v) is 9.69. The maximum absolute atomic E-state index is 12.6. The predicted octanol–water partition coefficient (Wildman–Crippen LogP) is 2.28. The van der Waals surface area contributed by atoms with E-state index in [0.29, 0.717) is 30.7 Å². The molecular formula is C20H22ClN5O3. The zero-order valence-corrected chi connectivity index (χ0v) is 16.9. The number of benzene rings is 1. The van der Waals surface area contributed by atoms with Crippen molar-refractivity contribution in [3.8, 4) is 5.75 Å². The van der Waals surface area contributed by atoms with Gasteiger partial charge in [0.2, 0.25) is 0 Å². The van der Waals surface area contributed by atoms with Gasteiger partial charge in [0.15, 0.2) is 16.5 Å². The van der Waals surface area contributed by atoms with Gasteiger partial charge >= 0.3 is 0 Å². The summed E-state index contributed by atoms with van der Waals surface area (Å²) in [6, 6.07) is 9.51. The lowest BCUT2D eigenvalue weighted by atomic mass is 9.89. The van der Waals surface area contributed by atoms with E-state index in [9.17, 15) is 9.90 Å². The second-order valence-electron chi connectivity index (χ2n) is 7.23. The summed E-state index contributed by atoms with van der Waals surface area (Å²) in [5.41, 5.74) is 2.71. The standard InChI is InChI=1S/C20H22ClN5O3/c1-25(11-12-3-5-15(29-2)6-4-12)16-9-18(21)24-26-17(10-22-19(16)26)20(28)23-13-7-14(27)8-13/h3-6,9-10,13-14,27H,7-8,11H2,1-2H3,(H,23,28). The Balaban J connectivity index is 1.59. The number of ether oxygens (including phenoxy) is 1. The van der Waals surface area contributed by atoms with Gasteiger partial charge in [-0.25, -0.2) is 9.50 Å². The van der Waals surface area contributed by atoms with Crippen LogP contribution in [0.15, 0.2) is 36.5 Å². The Morgan fingerprint density at radius 1 is 1.38 bits per heavy atom. The third-order valence-corrected chi connectivity index (χ3v) is 5.27. The molecule has 1 amide bonds. The molecular weight excluding hydrogens is 394 g/mol. The highest BCUT2D eigenvalue weighted by molar-refractivity contribution is 6.29. The van der Waals surface area contributed by atoms with E-state index < -0.39 is 0 Å². The minimum absolute atomic E-state index is 0.0283. The fraction of sp³-hybridized carbons (Fsp3) is 0.350. The van der Waals surface area contributed by atoms with Gasteiger partial charge in [0.25, 0.3) is 5.91 Å². The molecule has 152 valence electrons. The number of nitrogens with one attached hydrogen (secondary N) is 1. The summed E-state index contributed by atoms with van der Waals surface area (Å²) in [4.78, 5) is 19.0. The van der Waals surface area contributed by atoms with Gasteiger partial charge in [-0.1, -0.05) is 23.7 Å². The number of carbonyl (C=O) groups excluding carboxylic acids is 1. The molecule has 2 aromatic heterocycles. The number of imidazole rings is 1. The normalized spacial score (nSPS) is 18.3. The molecule has 0 radical (unpaired) electrons. The van der Waals surface area contributed by atoms with Crippen LogP contribution in [0.5, 0.6) is 5.75 Å². The van der Waals surface area contributed by atoms with E-state index in [2.05, 4.69) is 15.4 Å². The van der Waals surface area contributed by atoms with Gasteiger partial charge in [0, 0.05) is 25.7 Å². The number of amides is 1. The van der Waals surface area contributed by atoms with Crippen LogP contribution in [0, 0.1) is 0 Å². The van der Waals surface area contributed by atoms with Crippen LogP contribution < -0.4 is 15.0 Å². The molecule has 29 heavy (non-hydrogen) atoms. The number of aromatic nitrogens is 3. The first-order chi connectivity index (χ1) is 13.9. The molecule has 0 bridgehead atoms. The van der Waals surface area contributed by atoms with Gasteiger partial charge in [0.1, 0.15) is 5.75 Å². The number of nitrogens with zero attached hydrogens (tertiary/aromatic N) is 4. The van der Waals surface area contributed by atoms with E-state index in [1.54, 1.807) is 13.2 Å². The van der Waals surface area contributed by atoms with Crippen LogP contribution in [-0.4, -0.2) is 51.9 Å². The topological polar surface area (TPSA) is 92.0 Å². The molecule has 0 saturated heterocycles. The van der Waals surface area contributed by atoms with Gasteiger partial charge in [-0.2, -0.15) is 5.10 Å². The highest BCUT2D eigenvalue weighted by Gasteiger charge is 2.29. The van der Waals surface area contributed by atoms with Crippen molar-refractivity contribution in [1.29, 1.82) is 0 Å². The van der Waals surface area contributed by atoms with Crippen LogP contribution in [0.25, 0.3) is 5.65 Å². The molecule has 1 aromatic carbocycles. The molecule has 8 nitrogen and oxygen atoms in total. The average Bonchev–Trinajstić information content (AvgIpc) is 3.10. The number of fused-ring (bicyclic) bond motifs is 1. The molecule has 2 heterocycles. The van der Waals surface area contributed by atoms with Gasteiger partial charge < -0.3 is 20.1 Å². The number of halogens is 1. The van der Waals surface area contributed by atoms with E-state index >= 15 is 0 Å². The quantitative estimate of drug-likeness (QED) is 0.641. The summed E-state index contributed by atoms with van der Waals surface area (Å²) in [6.07, 6.45) is 2.28. The van der Waals surface area contributed by atoms with Gasteiger partial charge in [-0.15, -0.1) is 0 Å². The smallest absolute Gasteiger partial charge is 0.271 e. The zero-order chi connectivity index (χ0) is 20.5. The highest BCUT2D eigenvalue weighted by Crippen LogP contribution is 2.26. The average molecular weight is 416 g/mol. The summed E-state index contributed by atoms with van der Waals surface area (Å²) in [5.74, 6) is 0.515. The van der Waals surface area contributed by atoms with Gasteiger partial charge in [-0.3, -0.25) is 4.79 Å². The highest BCUT2D eigenvalue weighted by atomic mass is 35.5. The van der Waals surface area contributed by atoms with Crippen LogP contribution >= 0.6 is 11.6 Å². The lowest BCUT2D eigenvalue weighted by Crippen LogP contribution is -2.47. The number of carbonyl (C=O) groups is 1. The number of hydrogen-bond donors (Lipinski definition) is 2. The third kappa shape index (κ3) is 3.99. The summed E-state index contributed by atoms with van der Waals surface area (Å²) in [7, 11) is 3.57. The molecule has 0 spiro atoms. The van der Waals surface area contributed by atoms with Crippen molar-refractivity contribution in [2.45, 2.75) is 31.5 Å². The Morgan fingerprint density at radius 2 is 2.10 bits per heavy atom. The van der Waals surface area contributed by atoms with Crippen molar-refractivity contribution in [2.24, 2.45) is 0 Å². The van der Waals surface area contributed by atoms with Gasteiger partial charge in [-0.05, 0) is 30.5 Å². The molecule has 2 N–H and O–H groups in total. The first kappa shape index (κ1) is 19.5.